The Bertz CT molecular complexity index is 239. The van der Waals surface area contributed by atoms with Crippen LogP contribution in [0.4, 0.5) is 0 Å². The molecule has 1 fully saturated rings. The number of hydrogen-bond donors (Lipinski definition) is 2. The monoisotopic (exact) mass is 256 g/mol. The predicted molar refractivity (Wildman–Crippen MR) is 73.9 cm³/mol. The summed E-state index contributed by atoms with van der Waals surface area (Å²) in [5.74, 6) is 4.98. The molecule has 1 heterocycles. The Labute approximate surface area is 111 Å². The SMILES string of the molecule is CCC(C)N1CCN(CCCCC(=O)NN)CC1. The highest BCUT2D eigenvalue weighted by Crippen LogP contribution is 2.09. The maximum Gasteiger partial charge on any atom is 0.233 e. The Hall–Kier alpha value is -0.650. The molecule has 0 saturated carbocycles. The van der Waals surface area contributed by atoms with E-state index in [1.807, 2.05) is 0 Å². The van der Waals surface area contributed by atoms with E-state index >= 15 is 0 Å². The molecular weight excluding hydrogens is 228 g/mol. The normalized spacial score (nSPS) is 19.7. The van der Waals surface area contributed by atoms with Crippen molar-refractivity contribution in [1.82, 2.24) is 15.2 Å². The highest BCUT2D eigenvalue weighted by atomic mass is 16.2. The molecule has 3 N–H and O–H groups in total. The molecule has 1 rings (SSSR count). The van der Waals surface area contributed by atoms with Gasteiger partial charge in [0.15, 0.2) is 0 Å². The molecular formula is C13H28N4O. The number of nitrogens with zero attached hydrogens (tertiary/aromatic N) is 2. The topological polar surface area (TPSA) is 61.6 Å². The Kier molecular flexibility index (Phi) is 7.23. The third-order valence-corrected chi connectivity index (χ3v) is 3.91. The molecule has 0 aromatic carbocycles. The summed E-state index contributed by atoms with van der Waals surface area (Å²) in [6.07, 6.45) is 3.78. The van der Waals surface area contributed by atoms with Crippen LogP contribution >= 0.6 is 0 Å². The van der Waals surface area contributed by atoms with Gasteiger partial charge in [-0.1, -0.05) is 6.92 Å². The zero-order valence-corrected chi connectivity index (χ0v) is 11.8. The molecule has 1 aliphatic heterocycles. The summed E-state index contributed by atoms with van der Waals surface area (Å²) in [7, 11) is 0. The van der Waals surface area contributed by atoms with Gasteiger partial charge in [0.2, 0.25) is 5.91 Å². The molecule has 0 bridgehead atoms. The van der Waals surface area contributed by atoms with Crippen molar-refractivity contribution in [3.63, 3.8) is 0 Å². The molecule has 5 nitrogen and oxygen atoms in total. The van der Waals surface area contributed by atoms with Crippen LogP contribution in [0.5, 0.6) is 0 Å². The Morgan fingerprint density at radius 3 is 2.50 bits per heavy atom. The first-order valence-corrected chi connectivity index (χ1v) is 7.13. The van der Waals surface area contributed by atoms with Gasteiger partial charge in [0.1, 0.15) is 0 Å². The van der Waals surface area contributed by atoms with Gasteiger partial charge in [-0.05, 0) is 32.7 Å². The quantitative estimate of drug-likeness (QED) is 0.302. The second kappa shape index (κ2) is 8.45. The smallest absolute Gasteiger partial charge is 0.233 e. The van der Waals surface area contributed by atoms with E-state index in [9.17, 15) is 4.79 Å². The second-order valence-electron chi connectivity index (χ2n) is 5.16. The number of piperazine rings is 1. The van der Waals surface area contributed by atoms with Crippen LogP contribution in [0.3, 0.4) is 0 Å². The van der Waals surface area contributed by atoms with Gasteiger partial charge in [-0.15, -0.1) is 0 Å². The summed E-state index contributed by atoms with van der Waals surface area (Å²) in [5, 5.41) is 0. The molecule has 0 radical (unpaired) electrons. The average molecular weight is 256 g/mol. The van der Waals surface area contributed by atoms with Crippen molar-refractivity contribution in [2.45, 2.75) is 45.6 Å². The molecule has 0 aromatic rings. The molecule has 18 heavy (non-hydrogen) atoms. The van der Waals surface area contributed by atoms with E-state index in [2.05, 4.69) is 29.1 Å². The maximum atomic E-state index is 11.0. The summed E-state index contributed by atoms with van der Waals surface area (Å²) < 4.78 is 0. The Morgan fingerprint density at radius 1 is 1.28 bits per heavy atom. The zero-order chi connectivity index (χ0) is 13.4. The van der Waals surface area contributed by atoms with Crippen molar-refractivity contribution < 1.29 is 4.79 Å². The summed E-state index contributed by atoms with van der Waals surface area (Å²) in [4.78, 5) is 16.0. The largest absolute Gasteiger partial charge is 0.301 e. The standard InChI is InChI=1S/C13H28N4O/c1-3-12(2)17-10-8-16(9-11-17)7-5-4-6-13(18)15-14/h12H,3-11,14H2,1-2H3,(H,15,18). The molecule has 1 unspecified atom stereocenters. The van der Waals surface area contributed by atoms with E-state index in [4.69, 9.17) is 5.84 Å². The zero-order valence-electron chi connectivity index (χ0n) is 11.8. The van der Waals surface area contributed by atoms with Gasteiger partial charge in [0, 0.05) is 38.6 Å². The number of carbonyl (C=O) groups is 1. The fourth-order valence-electron chi connectivity index (χ4n) is 2.38. The van der Waals surface area contributed by atoms with Gasteiger partial charge in [-0.25, -0.2) is 5.84 Å². The number of hydrazine groups is 1. The molecule has 1 atom stereocenters. The first-order chi connectivity index (χ1) is 8.67. The van der Waals surface area contributed by atoms with Crippen LogP contribution in [0.15, 0.2) is 0 Å². The van der Waals surface area contributed by atoms with Crippen LogP contribution in [-0.4, -0.2) is 54.5 Å². The predicted octanol–water partition coefficient (Wildman–Crippen LogP) is 0.563. The lowest BCUT2D eigenvalue weighted by Gasteiger charge is -2.37. The van der Waals surface area contributed by atoms with Crippen LogP contribution in [0.2, 0.25) is 0 Å². The van der Waals surface area contributed by atoms with Crippen LogP contribution in [0.25, 0.3) is 0 Å². The first kappa shape index (κ1) is 15.4. The molecule has 106 valence electrons. The molecule has 1 saturated heterocycles. The van der Waals surface area contributed by atoms with E-state index in [0.717, 1.165) is 32.5 Å². The van der Waals surface area contributed by atoms with Crippen molar-refractivity contribution in [3.8, 4) is 0 Å². The van der Waals surface area contributed by atoms with Crippen LogP contribution in [0.1, 0.15) is 39.5 Å². The van der Waals surface area contributed by atoms with Crippen LogP contribution < -0.4 is 11.3 Å². The van der Waals surface area contributed by atoms with Gasteiger partial charge in [0.05, 0.1) is 0 Å². The summed E-state index contributed by atoms with van der Waals surface area (Å²) in [6, 6.07) is 0.709. The summed E-state index contributed by atoms with van der Waals surface area (Å²) >= 11 is 0. The van der Waals surface area contributed by atoms with Gasteiger partial charge < -0.3 is 4.90 Å². The van der Waals surface area contributed by atoms with E-state index in [-0.39, 0.29) is 5.91 Å². The first-order valence-electron chi connectivity index (χ1n) is 7.13. The minimum Gasteiger partial charge on any atom is -0.301 e. The van der Waals surface area contributed by atoms with E-state index in [0.29, 0.717) is 12.5 Å². The summed E-state index contributed by atoms with van der Waals surface area (Å²) in [5.41, 5.74) is 2.17. The lowest BCUT2D eigenvalue weighted by Crippen LogP contribution is -2.49. The van der Waals surface area contributed by atoms with Crippen LogP contribution in [0, 0.1) is 0 Å². The van der Waals surface area contributed by atoms with Crippen molar-refractivity contribution in [1.29, 1.82) is 0 Å². The number of carbonyl (C=O) groups excluding carboxylic acids is 1. The average Bonchev–Trinajstić information content (AvgIpc) is 2.43. The Balaban J connectivity index is 2.07. The van der Waals surface area contributed by atoms with Crippen molar-refractivity contribution >= 4 is 5.91 Å². The number of amides is 1. The van der Waals surface area contributed by atoms with Gasteiger partial charge in [-0.3, -0.25) is 15.1 Å². The number of nitrogens with one attached hydrogen (secondary N) is 1. The fraction of sp³-hybridized carbons (Fsp3) is 0.923. The van der Waals surface area contributed by atoms with Crippen molar-refractivity contribution in [2.75, 3.05) is 32.7 Å². The minimum absolute atomic E-state index is 0.0587. The maximum absolute atomic E-state index is 11.0. The van der Waals surface area contributed by atoms with Crippen molar-refractivity contribution in [3.05, 3.63) is 0 Å². The second-order valence-corrected chi connectivity index (χ2v) is 5.16. The lowest BCUT2D eigenvalue weighted by atomic mass is 10.1. The summed E-state index contributed by atoms with van der Waals surface area (Å²) in [6.45, 7) is 10.3. The Morgan fingerprint density at radius 2 is 1.94 bits per heavy atom. The van der Waals surface area contributed by atoms with Gasteiger partial charge in [-0.2, -0.15) is 0 Å². The molecule has 0 aliphatic carbocycles. The molecule has 5 heteroatoms. The molecule has 1 aliphatic rings. The molecule has 1 amide bonds. The van der Waals surface area contributed by atoms with Crippen LogP contribution in [-0.2, 0) is 4.79 Å². The fourth-order valence-corrected chi connectivity index (χ4v) is 2.38. The van der Waals surface area contributed by atoms with Crippen molar-refractivity contribution in [2.24, 2.45) is 5.84 Å². The number of hydrogen-bond acceptors (Lipinski definition) is 4. The molecule has 0 aromatic heterocycles. The molecule has 0 spiro atoms. The number of rotatable bonds is 7. The third-order valence-electron chi connectivity index (χ3n) is 3.91. The van der Waals surface area contributed by atoms with E-state index in [1.165, 1.54) is 19.5 Å². The van der Waals surface area contributed by atoms with E-state index < -0.39 is 0 Å². The minimum atomic E-state index is -0.0587. The third kappa shape index (κ3) is 5.33. The lowest BCUT2D eigenvalue weighted by molar-refractivity contribution is -0.121. The number of nitrogens with two attached hydrogens (primary N) is 1. The highest BCUT2D eigenvalue weighted by Gasteiger charge is 2.19. The number of unbranched alkanes of at least 4 members (excludes halogenated alkanes) is 1. The van der Waals surface area contributed by atoms with E-state index in [1.54, 1.807) is 0 Å². The van der Waals surface area contributed by atoms with Gasteiger partial charge >= 0.3 is 0 Å². The highest BCUT2D eigenvalue weighted by molar-refractivity contribution is 5.75. The van der Waals surface area contributed by atoms with Gasteiger partial charge in [0.25, 0.3) is 0 Å².